The lowest BCUT2D eigenvalue weighted by Gasteiger charge is -2.16. The molecule has 26 heavy (non-hydrogen) atoms. The molecule has 1 atom stereocenters. The third-order valence-electron chi connectivity index (χ3n) is 3.88. The molecule has 0 fully saturated rings. The Bertz CT molecular complexity index is 906. The molecule has 1 aromatic carbocycles. The van der Waals surface area contributed by atoms with Gasteiger partial charge in [-0.1, -0.05) is 35.3 Å². The number of nitrogens with one attached hydrogen (secondary N) is 1. The van der Waals surface area contributed by atoms with Crippen molar-refractivity contribution in [1.82, 2.24) is 20.1 Å². The largest absolute Gasteiger partial charge is 0.347 e. The van der Waals surface area contributed by atoms with E-state index in [9.17, 15) is 4.79 Å². The standard InChI is InChI=1S/C17H17Cl2N5OS/c1-24-16(21-9-22-24)13-7-14(26-15(13)19)17(25)23-12(8-20)6-10-2-4-11(18)5-3-10/h2-5,7,9,12H,6,8,20H2,1H3,(H,23,25)/t12-/m0/s1. The van der Waals surface area contributed by atoms with Crippen LogP contribution in [0.1, 0.15) is 15.2 Å². The van der Waals surface area contributed by atoms with Crippen LogP contribution < -0.4 is 11.1 Å². The summed E-state index contributed by atoms with van der Waals surface area (Å²) in [6.07, 6.45) is 2.06. The van der Waals surface area contributed by atoms with Crippen molar-refractivity contribution < 1.29 is 4.79 Å². The number of nitrogens with zero attached hydrogens (tertiary/aromatic N) is 3. The van der Waals surface area contributed by atoms with Gasteiger partial charge in [-0.2, -0.15) is 5.10 Å². The molecule has 0 unspecified atom stereocenters. The molecular formula is C17H17Cl2N5OS. The lowest BCUT2D eigenvalue weighted by Crippen LogP contribution is -2.41. The van der Waals surface area contributed by atoms with Crippen molar-refractivity contribution in [1.29, 1.82) is 0 Å². The highest BCUT2D eigenvalue weighted by Gasteiger charge is 2.20. The fourth-order valence-electron chi connectivity index (χ4n) is 2.53. The molecule has 1 amide bonds. The first-order valence-electron chi connectivity index (χ1n) is 7.87. The third-order valence-corrected chi connectivity index (χ3v) is 5.49. The van der Waals surface area contributed by atoms with Gasteiger partial charge < -0.3 is 11.1 Å². The van der Waals surface area contributed by atoms with Crippen molar-refractivity contribution >= 4 is 40.4 Å². The van der Waals surface area contributed by atoms with E-state index in [0.29, 0.717) is 38.6 Å². The minimum atomic E-state index is -0.213. The quantitative estimate of drug-likeness (QED) is 0.654. The summed E-state index contributed by atoms with van der Waals surface area (Å²) in [5.41, 5.74) is 7.56. The SMILES string of the molecule is Cn1ncnc1-c1cc(C(=O)N[C@H](CN)Cc2ccc(Cl)cc2)sc1Cl. The topological polar surface area (TPSA) is 85.8 Å². The van der Waals surface area contributed by atoms with E-state index >= 15 is 0 Å². The smallest absolute Gasteiger partial charge is 0.261 e. The van der Waals surface area contributed by atoms with E-state index in [-0.39, 0.29) is 11.9 Å². The molecule has 0 radical (unpaired) electrons. The Labute approximate surface area is 164 Å². The predicted molar refractivity (Wildman–Crippen MR) is 105 cm³/mol. The van der Waals surface area contributed by atoms with E-state index in [0.717, 1.165) is 5.56 Å². The van der Waals surface area contributed by atoms with Gasteiger partial charge in [0.2, 0.25) is 0 Å². The van der Waals surface area contributed by atoms with Gasteiger partial charge in [-0.05, 0) is 30.2 Å². The molecule has 0 saturated carbocycles. The van der Waals surface area contributed by atoms with Crippen LogP contribution in [-0.2, 0) is 13.5 Å². The minimum absolute atomic E-state index is 0.192. The molecule has 2 heterocycles. The second-order valence-corrected chi connectivity index (χ2v) is 7.83. The zero-order chi connectivity index (χ0) is 18.7. The first kappa shape index (κ1) is 18.8. The number of aromatic nitrogens is 3. The van der Waals surface area contributed by atoms with Crippen molar-refractivity contribution in [3.05, 3.63) is 56.5 Å². The fraction of sp³-hybridized carbons (Fsp3) is 0.235. The highest BCUT2D eigenvalue weighted by Crippen LogP contribution is 2.34. The first-order valence-corrected chi connectivity index (χ1v) is 9.44. The maximum Gasteiger partial charge on any atom is 0.261 e. The maximum atomic E-state index is 12.6. The maximum absolute atomic E-state index is 12.6. The minimum Gasteiger partial charge on any atom is -0.347 e. The van der Waals surface area contributed by atoms with Crippen LogP contribution in [0.4, 0.5) is 0 Å². The Hall–Kier alpha value is -1.93. The average molecular weight is 410 g/mol. The third kappa shape index (κ3) is 4.24. The summed E-state index contributed by atoms with van der Waals surface area (Å²) in [4.78, 5) is 17.3. The number of halogens is 2. The van der Waals surface area contributed by atoms with E-state index in [2.05, 4.69) is 15.4 Å². The molecule has 136 valence electrons. The molecule has 0 aliphatic rings. The van der Waals surface area contributed by atoms with E-state index < -0.39 is 0 Å². The van der Waals surface area contributed by atoms with Crippen molar-refractivity contribution in [3.63, 3.8) is 0 Å². The van der Waals surface area contributed by atoms with E-state index in [1.807, 2.05) is 24.3 Å². The monoisotopic (exact) mass is 409 g/mol. The highest BCUT2D eigenvalue weighted by molar-refractivity contribution is 7.18. The van der Waals surface area contributed by atoms with Crippen LogP contribution in [0.25, 0.3) is 11.4 Å². The molecule has 3 N–H and O–H groups in total. The van der Waals surface area contributed by atoms with Crippen LogP contribution >= 0.6 is 34.5 Å². The van der Waals surface area contributed by atoms with Gasteiger partial charge >= 0.3 is 0 Å². The predicted octanol–water partition coefficient (Wildman–Crippen LogP) is 3.15. The summed E-state index contributed by atoms with van der Waals surface area (Å²) in [5, 5.41) is 7.66. The van der Waals surface area contributed by atoms with Crippen molar-refractivity contribution in [2.45, 2.75) is 12.5 Å². The number of carbonyl (C=O) groups excluding carboxylic acids is 1. The van der Waals surface area contributed by atoms with E-state index in [1.165, 1.54) is 17.7 Å². The molecule has 2 aromatic heterocycles. The summed E-state index contributed by atoms with van der Waals surface area (Å²) < 4.78 is 2.10. The van der Waals surface area contributed by atoms with Crippen LogP contribution in [0.5, 0.6) is 0 Å². The van der Waals surface area contributed by atoms with Crippen molar-refractivity contribution in [2.75, 3.05) is 6.54 Å². The van der Waals surface area contributed by atoms with Gasteiger partial charge in [-0.3, -0.25) is 4.79 Å². The number of nitrogens with two attached hydrogens (primary N) is 1. The summed E-state index contributed by atoms with van der Waals surface area (Å²) in [6.45, 7) is 0.323. The number of thiophene rings is 1. The Morgan fingerprint density at radius 3 is 2.69 bits per heavy atom. The molecule has 0 aliphatic carbocycles. The lowest BCUT2D eigenvalue weighted by molar-refractivity contribution is 0.0942. The van der Waals surface area contributed by atoms with Crippen LogP contribution in [-0.4, -0.2) is 33.3 Å². The number of hydrogen-bond donors (Lipinski definition) is 2. The molecule has 3 rings (SSSR count). The zero-order valence-corrected chi connectivity index (χ0v) is 16.3. The number of hydrogen-bond acceptors (Lipinski definition) is 5. The molecule has 0 aliphatic heterocycles. The van der Waals surface area contributed by atoms with Crippen LogP contribution in [0, 0.1) is 0 Å². The molecule has 6 nitrogen and oxygen atoms in total. The Balaban J connectivity index is 1.72. The van der Waals surface area contributed by atoms with Crippen molar-refractivity contribution in [3.8, 4) is 11.4 Å². The van der Waals surface area contributed by atoms with Crippen molar-refractivity contribution in [2.24, 2.45) is 12.8 Å². The van der Waals surface area contributed by atoms with Gasteiger partial charge in [0.05, 0.1) is 4.88 Å². The Kier molecular flexibility index (Phi) is 5.93. The van der Waals surface area contributed by atoms with Gasteiger partial charge in [-0.25, -0.2) is 9.67 Å². The normalized spacial score (nSPS) is 12.2. The van der Waals surface area contributed by atoms with Gasteiger partial charge in [0, 0.05) is 30.2 Å². The fourth-order valence-corrected chi connectivity index (χ4v) is 3.82. The Morgan fingerprint density at radius 2 is 2.08 bits per heavy atom. The lowest BCUT2D eigenvalue weighted by atomic mass is 10.1. The summed E-state index contributed by atoms with van der Waals surface area (Å²) in [6, 6.07) is 9.01. The number of rotatable bonds is 6. The van der Waals surface area contributed by atoms with Crippen LogP contribution in [0.15, 0.2) is 36.7 Å². The van der Waals surface area contributed by atoms with Crippen LogP contribution in [0.3, 0.4) is 0 Å². The number of benzene rings is 1. The average Bonchev–Trinajstić information content (AvgIpc) is 3.21. The van der Waals surface area contributed by atoms with Gasteiger partial charge in [-0.15, -0.1) is 11.3 Å². The van der Waals surface area contributed by atoms with Crippen LogP contribution in [0.2, 0.25) is 9.36 Å². The molecule has 0 saturated heterocycles. The second-order valence-electron chi connectivity index (χ2n) is 5.74. The first-order chi connectivity index (χ1) is 12.5. The number of carbonyl (C=O) groups is 1. The van der Waals surface area contributed by atoms with Gasteiger partial charge in [0.25, 0.3) is 5.91 Å². The Morgan fingerprint density at radius 1 is 1.35 bits per heavy atom. The number of amides is 1. The molecule has 9 heteroatoms. The summed E-state index contributed by atoms with van der Waals surface area (Å²) in [5.74, 6) is 0.400. The second kappa shape index (κ2) is 8.18. The summed E-state index contributed by atoms with van der Waals surface area (Å²) in [7, 11) is 1.77. The van der Waals surface area contributed by atoms with Gasteiger partial charge in [0.15, 0.2) is 5.82 Å². The molecule has 0 spiro atoms. The number of aryl methyl sites for hydroxylation is 1. The summed E-state index contributed by atoms with van der Waals surface area (Å²) >= 11 is 13.4. The zero-order valence-electron chi connectivity index (χ0n) is 13.9. The van der Waals surface area contributed by atoms with E-state index in [4.69, 9.17) is 28.9 Å². The molecular weight excluding hydrogens is 393 g/mol. The highest BCUT2D eigenvalue weighted by atomic mass is 35.5. The van der Waals surface area contributed by atoms with E-state index in [1.54, 1.807) is 17.8 Å². The van der Waals surface area contributed by atoms with Gasteiger partial charge in [0.1, 0.15) is 10.7 Å². The molecule has 3 aromatic rings. The molecule has 0 bridgehead atoms.